The molecule has 0 atom stereocenters. The van der Waals surface area contributed by atoms with Crippen molar-refractivity contribution in [2.75, 3.05) is 17.6 Å². The van der Waals surface area contributed by atoms with Gasteiger partial charge in [-0.15, -0.1) is 23.7 Å². The molecule has 5 nitrogen and oxygen atoms in total. The molecule has 138 valence electrons. The van der Waals surface area contributed by atoms with E-state index >= 15 is 0 Å². The predicted octanol–water partition coefficient (Wildman–Crippen LogP) is 4.24. The molecule has 0 amide bonds. The number of aromatic nitrogens is 3. The van der Waals surface area contributed by atoms with Crippen LogP contribution in [0.4, 0.5) is 5.95 Å². The predicted molar refractivity (Wildman–Crippen MR) is 113 cm³/mol. The molecule has 26 heavy (non-hydrogen) atoms. The number of aromatic amines is 1. The lowest BCUT2D eigenvalue weighted by Gasteiger charge is -2.06. The first-order valence-corrected chi connectivity index (χ1v) is 10.1. The summed E-state index contributed by atoms with van der Waals surface area (Å²) >= 11 is 9.33. The molecule has 2 aromatic heterocycles. The van der Waals surface area contributed by atoms with Gasteiger partial charge in [-0.3, -0.25) is 9.78 Å². The Bertz CT molecular complexity index is 854. The first-order chi connectivity index (χ1) is 12.2. The highest BCUT2D eigenvalue weighted by molar-refractivity contribution is 7.98. The molecule has 0 aliphatic rings. The SMILES string of the molecule is Cl.O=c1[nH]c(NCCSCc2nccs2)ncc1Cc1ccc(Cl)cc1. The van der Waals surface area contributed by atoms with Gasteiger partial charge in [-0.1, -0.05) is 23.7 Å². The summed E-state index contributed by atoms with van der Waals surface area (Å²) in [5, 5.41) is 6.93. The quantitative estimate of drug-likeness (QED) is 0.525. The van der Waals surface area contributed by atoms with Crippen LogP contribution in [0.5, 0.6) is 0 Å². The summed E-state index contributed by atoms with van der Waals surface area (Å²) in [6.07, 6.45) is 3.97. The molecule has 0 unspecified atom stereocenters. The van der Waals surface area contributed by atoms with E-state index in [1.54, 1.807) is 29.3 Å². The van der Waals surface area contributed by atoms with Crippen LogP contribution < -0.4 is 10.9 Å². The highest BCUT2D eigenvalue weighted by Crippen LogP contribution is 2.14. The maximum absolute atomic E-state index is 12.2. The molecule has 1 aromatic carbocycles. The number of thioether (sulfide) groups is 1. The molecule has 0 spiro atoms. The molecule has 0 saturated heterocycles. The monoisotopic (exact) mass is 428 g/mol. The third-order valence-electron chi connectivity index (χ3n) is 3.43. The molecule has 0 aliphatic carbocycles. The summed E-state index contributed by atoms with van der Waals surface area (Å²) in [5.41, 5.74) is 1.53. The van der Waals surface area contributed by atoms with Gasteiger partial charge in [0.15, 0.2) is 0 Å². The van der Waals surface area contributed by atoms with E-state index < -0.39 is 0 Å². The molecule has 2 N–H and O–H groups in total. The van der Waals surface area contributed by atoms with Gasteiger partial charge in [0.05, 0.1) is 0 Å². The minimum Gasteiger partial charge on any atom is -0.355 e. The average Bonchev–Trinajstić information content (AvgIpc) is 3.12. The van der Waals surface area contributed by atoms with Gasteiger partial charge >= 0.3 is 0 Å². The zero-order chi connectivity index (χ0) is 17.5. The molecular formula is C17H18Cl2N4OS2. The lowest BCUT2D eigenvalue weighted by atomic mass is 10.1. The van der Waals surface area contributed by atoms with Crippen LogP contribution in [0.2, 0.25) is 5.02 Å². The Labute approximate surface area is 171 Å². The second kappa shape index (κ2) is 10.6. The maximum Gasteiger partial charge on any atom is 0.255 e. The van der Waals surface area contributed by atoms with E-state index in [9.17, 15) is 4.79 Å². The zero-order valence-electron chi connectivity index (χ0n) is 13.8. The van der Waals surface area contributed by atoms with Crippen molar-refractivity contribution in [2.45, 2.75) is 12.2 Å². The van der Waals surface area contributed by atoms with Gasteiger partial charge in [-0.25, -0.2) is 9.97 Å². The minimum atomic E-state index is -0.122. The van der Waals surface area contributed by atoms with Gasteiger partial charge in [0.2, 0.25) is 5.95 Å². The van der Waals surface area contributed by atoms with Crippen molar-refractivity contribution in [3.63, 3.8) is 0 Å². The Morgan fingerprint density at radius 3 is 2.73 bits per heavy atom. The highest BCUT2D eigenvalue weighted by Gasteiger charge is 2.04. The summed E-state index contributed by atoms with van der Waals surface area (Å²) < 4.78 is 0. The van der Waals surface area contributed by atoms with E-state index in [-0.39, 0.29) is 18.0 Å². The molecule has 0 fully saturated rings. The van der Waals surface area contributed by atoms with E-state index in [4.69, 9.17) is 11.6 Å². The fraction of sp³-hybridized carbons (Fsp3) is 0.235. The van der Waals surface area contributed by atoms with Gasteiger partial charge in [0.25, 0.3) is 5.56 Å². The fourth-order valence-corrected chi connectivity index (χ4v) is 3.87. The molecule has 3 rings (SSSR count). The van der Waals surface area contributed by atoms with E-state index in [0.717, 1.165) is 28.6 Å². The summed E-state index contributed by atoms with van der Waals surface area (Å²) in [6, 6.07) is 7.46. The number of hydrogen-bond acceptors (Lipinski definition) is 6. The van der Waals surface area contributed by atoms with E-state index in [1.807, 2.05) is 35.8 Å². The second-order valence-electron chi connectivity index (χ2n) is 5.29. The van der Waals surface area contributed by atoms with Crippen LogP contribution in [0.3, 0.4) is 0 Å². The number of thiazole rings is 1. The first-order valence-electron chi connectivity index (χ1n) is 7.73. The lowest BCUT2D eigenvalue weighted by molar-refractivity contribution is 1.01. The Kier molecular flexibility index (Phi) is 8.44. The van der Waals surface area contributed by atoms with Crippen molar-refractivity contribution in [2.24, 2.45) is 0 Å². The molecular weight excluding hydrogens is 411 g/mol. The Balaban J connectivity index is 0.00000243. The summed E-state index contributed by atoms with van der Waals surface area (Å²) in [7, 11) is 0. The molecule has 0 bridgehead atoms. The third kappa shape index (κ3) is 6.32. The molecule has 3 aromatic rings. The standard InChI is InChI=1S/C17H17ClN4OS2.ClH/c18-14-3-1-12(2-4-14)9-13-10-21-17(22-16(13)23)20-5-7-24-11-15-19-6-8-25-15;/h1-4,6,8,10H,5,7,9,11H2,(H2,20,21,22,23);1H. The van der Waals surface area contributed by atoms with Crippen LogP contribution in [0.15, 0.2) is 46.8 Å². The zero-order valence-corrected chi connectivity index (χ0v) is 17.0. The van der Waals surface area contributed by atoms with Crippen LogP contribution in [0.1, 0.15) is 16.1 Å². The molecule has 2 heterocycles. The highest BCUT2D eigenvalue weighted by atomic mass is 35.5. The normalized spacial score (nSPS) is 10.3. The Hall–Kier alpha value is -1.54. The largest absolute Gasteiger partial charge is 0.355 e. The maximum atomic E-state index is 12.2. The number of halogens is 2. The van der Waals surface area contributed by atoms with Gasteiger partial charge in [-0.05, 0) is 17.7 Å². The van der Waals surface area contributed by atoms with Crippen LogP contribution in [0.25, 0.3) is 0 Å². The Morgan fingerprint density at radius 1 is 1.23 bits per heavy atom. The summed E-state index contributed by atoms with van der Waals surface area (Å²) in [6.45, 7) is 0.732. The topological polar surface area (TPSA) is 70.7 Å². The van der Waals surface area contributed by atoms with Crippen LogP contribution in [-0.4, -0.2) is 27.2 Å². The van der Waals surface area contributed by atoms with E-state index in [1.165, 1.54) is 0 Å². The van der Waals surface area contributed by atoms with E-state index in [0.29, 0.717) is 23.0 Å². The van der Waals surface area contributed by atoms with Crippen LogP contribution >= 0.6 is 47.1 Å². The van der Waals surface area contributed by atoms with Crippen molar-refractivity contribution >= 4 is 53.1 Å². The van der Waals surface area contributed by atoms with E-state index in [2.05, 4.69) is 20.3 Å². The third-order valence-corrected chi connectivity index (χ3v) is 5.61. The number of H-pyrrole nitrogens is 1. The number of nitrogens with one attached hydrogen (secondary N) is 2. The number of benzene rings is 1. The van der Waals surface area contributed by atoms with Gasteiger partial charge in [0, 0.05) is 52.8 Å². The Morgan fingerprint density at radius 2 is 2.04 bits per heavy atom. The van der Waals surface area contributed by atoms with Crippen molar-refractivity contribution < 1.29 is 0 Å². The van der Waals surface area contributed by atoms with Crippen molar-refractivity contribution in [3.05, 3.63) is 73.6 Å². The van der Waals surface area contributed by atoms with Crippen LogP contribution in [-0.2, 0) is 12.2 Å². The smallest absolute Gasteiger partial charge is 0.255 e. The van der Waals surface area contributed by atoms with Crippen molar-refractivity contribution in [1.29, 1.82) is 0 Å². The van der Waals surface area contributed by atoms with Crippen molar-refractivity contribution in [1.82, 2.24) is 15.0 Å². The average molecular weight is 429 g/mol. The molecule has 0 radical (unpaired) electrons. The number of rotatable bonds is 8. The number of hydrogen-bond donors (Lipinski definition) is 2. The summed E-state index contributed by atoms with van der Waals surface area (Å²) in [5.74, 6) is 2.32. The van der Waals surface area contributed by atoms with Gasteiger partial charge < -0.3 is 5.32 Å². The molecule has 0 aliphatic heterocycles. The molecule has 0 saturated carbocycles. The van der Waals surface area contributed by atoms with Gasteiger partial charge in [0.1, 0.15) is 5.01 Å². The minimum absolute atomic E-state index is 0. The van der Waals surface area contributed by atoms with Crippen LogP contribution in [0, 0.1) is 0 Å². The molecule has 9 heteroatoms. The number of nitrogens with zero attached hydrogens (tertiary/aromatic N) is 2. The van der Waals surface area contributed by atoms with Crippen molar-refractivity contribution in [3.8, 4) is 0 Å². The number of anilines is 1. The second-order valence-corrected chi connectivity index (χ2v) is 7.82. The van der Waals surface area contributed by atoms with Gasteiger partial charge in [-0.2, -0.15) is 11.8 Å². The first kappa shape index (κ1) is 20.8. The lowest BCUT2D eigenvalue weighted by Crippen LogP contribution is -2.18. The fourth-order valence-electron chi connectivity index (χ4n) is 2.18. The summed E-state index contributed by atoms with van der Waals surface area (Å²) in [4.78, 5) is 23.5.